The summed E-state index contributed by atoms with van der Waals surface area (Å²) in [6, 6.07) is 26.0. The van der Waals surface area contributed by atoms with Gasteiger partial charge in [-0.05, 0) is 78.4 Å². The van der Waals surface area contributed by atoms with Gasteiger partial charge in [-0.2, -0.15) is 14.0 Å². The van der Waals surface area contributed by atoms with Gasteiger partial charge in [0.15, 0.2) is 6.19 Å². The minimum atomic E-state index is 0.614. The average Bonchev–Trinajstić information content (AvgIpc) is 3.98. The highest BCUT2D eigenvalue weighted by Crippen LogP contribution is 2.49. The number of benzene rings is 3. The van der Waals surface area contributed by atoms with E-state index in [-0.39, 0.29) is 0 Å². The van der Waals surface area contributed by atoms with Crippen LogP contribution in [0, 0.1) is 17.4 Å². The highest BCUT2D eigenvalue weighted by atomic mass is 32.1. The summed E-state index contributed by atoms with van der Waals surface area (Å²) in [5.41, 5.74) is 12.0. The van der Waals surface area contributed by atoms with Crippen molar-refractivity contribution in [1.82, 2.24) is 18.7 Å². The third-order valence-corrected chi connectivity index (χ3v) is 13.4. The largest absolute Gasteiger partial charge is 0.374 e. The summed E-state index contributed by atoms with van der Waals surface area (Å²) in [5.74, 6) is 0.614. The molecule has 260 valence electrons. The van der Waals surface area contributed by atoms with Gasteiger partial charge in [0.2, 0.25) is 0 Å². The zero-order valence-corrected chi connectivity index (χ0v) is 33.2. The Labute approximate surface area is 319 Å². The molecule has 0 atom stereocenters. The molecule has 7 nitrogen and oxygen atoms in total. The molecule has 0 saturated carbocycles. The summed E-state index contributed by atoms with van der Waals surface area (Å²) in [4.78, 5) is 19.2. The van der Waals surface area contributed by atoms with Crippen molar-refractivity contribution in [3.63, 3.8) is 0 Å². The van der Waals surface area contributed by atoms with Crippen molar-refractivity contribution < 1.29 is 0 Å². The lowest BCUT2D eigenvalue weighted by Gasteiger charge is -2.21. The van der Waals surface area contributed by atoms with Gasteiger partial charge in [0.05, 0.1) is 28.8 Å². The Bertz CT molecular complexity index is 2570. The van der Waals surface area contributed by atoms with Crippen LogP contribution in [0.3, 0.4) is 0 Å². The lowest BCUT2D eigenvalue weighted by atomic mass is 10.0. The van der Waals surface area contributed by atoms with E-state index in [2.05, 4.69) is 106 Å². The number of fused-ring (bicyclic) bond motifs is 3. The fourth-order valence-electron chi connectivity index (χ4n) is 6.80. The van der Waals surface area contributed by atoms with Crippen LogP contribution in [0.25, 0.3) is 73.2 Å². The Balaban J connectivity index is 1.23. The fourth-order valence-corrected chi connectivity index (χ4v) is 10.9. The van der Waals surface area contributed by atoms with E-state index in [0.29, 0.717) is 5.92 Å². The number of nitriles is 1. The van der Waals surface area contributed by atoms with Crippen molar-refractivity contribution >= 4 is 88.6 Å². The normalized spacial score (nSPS) is 11.7. The van der Waals surface area contributed by atoms with Gasteiger partial charge in [-0.15, -0.1) is 34.0 Å². The van der Waals surface area contributed by atoms with E-state index >= 15 is 0 Å². The van der Waals surface area contributed by atoms with Gasteiger partial charge in [-0.1, -0.05) is 52.0 Å². The van der Waals surface area contributed by atoms with E-state index in [9.17, 15) is 5.26 Å². The minimum Gasteiger partial charge on any atom is -0.374 e. The van der Waals surface area contributed by atoms with Crippen LogP contribution in [0.5, 0.6) is 0 Å². The third-order valence-electron chi connectivity index (χ3n) is 9.38. The highest BCUT2D eigenvalue weighted by Gasteiger charge is 2.26. The Morgan fingerprint density at radius 3 is 1.73 bits per heavy atom. The van der Waals surface area contributed by atoms with Gasteiger partial charge in [0.25, 0.3) is 0 Å². The number of thiophene rings is 3. The Kier molecular flexibility index (Phi) is 9.26. The number of nitrogens with zero attached hydrogens (tertiary/aromatic N) is 7. The van der Waals surface area contributed by atoms with E-state index in [1.807, 2.05) is 23.5 Å². The predicted octanol–water partition coefficient (Wildman–Crippen LogP) is 11.8. The molecule has 0 spiro atoms. The molecule has 0 bridgehead atoms. The topological polar surface area (TPSA) is 81.8 Å². The molecule has 0 aliphatic carbocycles. The first kappa shape index (κ1) is 34.4. The highest BCUT2D eigenvalue weighted by molar-refractivity contribution is 7.31. The molecule has 0 N–H and O–H groups in total. The van der Waals surface area contributed by atoms with Crippen LogP contribution in [0.1, 0.15) is 39.1 Å². The Morgan fingerprint density at radius 1 is 0.635 bits per heavy atom. The molecule has 0 unspecified atom stereocenters. The van der Waals surface area contributed by atoms with Gasteiger partial charge >= 0.3 is 0 Å². The number of rotatable bonds is 10. The predicted molar refractivity (Wildman–Crippen MR) is 224 cm³/mol. The molecule has 0 fully saturated rings. The van der Waals surface area contributed by atoms with Gasteiger partial charge in [-0.3, -0.25) is 4.90 Å². The van der Waals surface area contributed by atoms with Crippen molar-refractivity contribution in [1.29, 1.82) is 5.26 Å². The van der Waals surface area contributed by atoms with Crippen molar-refractivity contribution in [2.24, 2.45) is 5.92 Å². The van der Waals surface area contributed by atoms with E-state index in [1.165, 1.54) is 37.3 Å². The number of hydrogen-bond donors (Lipinski definition) is 0. The molecule has 11 heteroatoms. The Morgan fingerprint density at radius 2 is 1.15 bits per heavy atom. The minimum absolute atomic E-state index is 0.614. The van der Waals surface area contributed by atoms with E-state index < -0.39 is 0 Å². The number of hydrogen-bond acceptors (Lipinski definition) is 11. The number of anilines is 2. The first-order chi connectivity index (χ1) is 25.3. The monoisotopic (exact) mass is 755 g/mol. The van der Waals surface area contributed by atoms with Crippen molar-refractivity contribution in [3.8, 4) is 48.0 Å². The first-order valence-electron chi connectivity index (χ1n) is 17.4. The molecule has 8 rings (SSSR count). The standard InChI is InChI=1S/C41H37N7S4/c1-7-28-29(8-2)44-39-37(35-20-34-33(51-35)19-32(50-34)25-11-13-26(14-12-25)47(5)21-23(3)4)41-40(45-52-46-41)36(38(39)43-28)31-18-17-30(49-31)24-9-15-27(16-10-24)48(6)22-42/h9-20,23H,7-8,21H2,1-6H3. The van der Waals surface area contributed by atoms with Crippen LogP contribution >= 0.6 is 45.7 Å². The second kappa shape index (κ2) is 14.0. The molecule has 0 saturated heterocycles. The van der Waals surface area contributed by atoms with Crippen molar-refractivity contribution in [3.05, 3.63) is 84.2 Å². The van der Waals surface area contributed by atoms with E-state index in [1.54, 1.807) is 34.6 Å². The molecule has 52 heavy (non-hydrogen) atoms. The number of aromatic nitrogens is 4. The molecule has 5 heterocycles. The van der Waals surface area contributed by atoms with Gasteiger partial charge < -0.3 is 4.90 Å². The van der Waals surface area contributed by atoms with Gasteiger partial charge in [0, 0.05) is 66.4 Å². The molecule has 8 aromatic rings. The summed E-state index contributed by atoms with van der Waals surface area (Å²) >= 11 is 6.59. The molecular formula is C41H37N7S4. The SMILES string of the molecule is CCc1nc2c(-c3ccc(-c4ccc(N(C)C#N)cc4)s3)c3nsnc3c(-c3cc4sc(-c5ccc(N(C)CC(C)C)cc5)cc4s3)c2nc1CC. The summed E-state index contributed by atoms with van der Waals surface area (Å²) in [5, 5.41) is 9.30. The lowest BCUT2D eigenvalue weighted by molar-refractivity contribution is 0.638. The smallest absolute Gasteiger partial charge is 0.183 e. The molecule has 0 amide bonds. The van der Waals surface area contributed by atoms with Gasteiger partial charge in [0.1, 0.15) is 22.1 Å². The quantitative estimate of drug-likeness (QED) is 0.101. The maximum atomic E-state index is 9.30. The average molecular weight is 756 g/mol. The zero-order chi connectivity index (χ0) is 36.1. The van der Waals surface area contributed by atoms with Crippen LogP contribution in [0.15, 0.2) is 72.8 Å². The summed E-state index contributed by atoms with van der Waals surface area (Å²) in [6.45, 7) is 9.84. The lowest BCUT2D eigenvalue weighted by Crippen LogP contribution is -2.22. The van der Waals surface area contributed by atoms with Crippen LogP contribution < -0.4 is 9.80 Å². The second-order valence-electron chi connectivity index (χ2n) is 13.4. The molecule has 3 aromatic carbocycles. The number of aryl methyl sites for hydroxylation is 2. The van der Waals surface area contributed by atoms with Crippen LogP contribution in [-0.2, 0) is 12.8 Å². The third kappa shape index (κ3) is 6.13. The molecule has 0 aliphatic rings. The summed E-state index contributed by atoms with van der Waals surface area (Å²) in [7, 11) is 3.93. The summed E-state index contributed by atoms with van der Waals surface area (Å²) < 4.78 is 12.4. The van der Waals surface area contributed by atoms with Crippen LogP contribution in [-0.4, -0.2) is 39.4 Å². The van der Waals surface area contributed by atoms with Crippen LogP contribution in [0.4, 0.5) is 11.4 Å². The van der Waals surface area contributed by atoms with Crippen molar-refractivity contribution in [2.75, 3.05) is 30.4 Å². The molecule has 5 aromatic heterocycles. The molecule has 0 radical (unpaired) electrons. The summed E-state index contributed by atoms with van der Waals surface area (Å²) in [6.07, 6.45) is 3.78. The van der Waals surface area contributed by atoms with E-state index in [4.69, 9.17) is 18.7 Å². The van der Waals surface area contributed by atoms with Gasteiger partial charge in [-0.25, -0.2) is 9.97 Å². The molecular weight excluding hydrogens is 719 g/mol. The molecule has 0 aliphatic heterocycles. The van der Waals surface area contributed by atoms with Crippen molar-refractivity contribution in [2.45, 2.75) is 40.5 Å². The maximum Gasteiger partial charge on any atom is 0.183 e. The first-order valence-corrected chi connectivity index (χ1v) is 20.6. The zero-order valence-electron chi connectivity index (χ0n) is 29.9. The maximum absolute atomic E-state index is 9.30. The van der Waals surface area contributed by atoms with Crippen LogP contribution in [0.2, 0.25) is 0 Å². The fraction of sp³-hybridized carbons (Fsp3) is 0.244. The second-order valence-corrected chi connectivity index (χ2v) is 17.2. The van der Waals surface area contributed by atoms with E-state index in [0.717, 1.165) is 89.9 Å². The Hall–Kier alpha value is -4.73.